The van der Waals surface area contributed by atoms with Crippen LogP contribution in [0, 0.1) is 0 Å². The van der Waals surface area contributed by atoms with E-state index in [9.17, 15) is 4.79 Å². The molecule has 0 aliphatic rings. The maximum absolute atomic E-state index is 12.0. The van der Waals surface area contributed by atoms with Crippen LogP contribution in [0.4, 0.5) is 5.69 Å². The van der Waals surface area contributed by atoms with Crippen LogP contribution < -0.4 is 15.0 Å². The van der Waals surface area contributed by atoms with E-state index in [1.54, 1.807) is 12.1 Å². The minimum atomic E-state index is -0.177. The third-order valence-corrected chi connectivity index (χ3v) is 4.37. The number of anilines is 1. The van der Waals surface area contributed by atoms with Gasteiger partial charge in [0.15, 0.2) is 12.4 Å². The molecule has 0 aliphatic heterocycles. The predicted molar refractivity (Wildman–Crippen MR) is 112 cm³/mol. The average molecular weight is 394 g/mol. The summed E-state index contributed by atoms with van der Waals surface area (Å²) in [5.74, 6) is 1.78. The molecule has 1 heterocycles. The molecule has 0 bridgehead atoms. The normalized spacial score (nSPS) is 10.8. The van der Waals surface area contributed by atoms with Crippen LogP contribution >= 0.6 is 0 Å². The Labute approximate surface area is 170 Å². The van der Waals surface area contributed by atoms with Gasteiger partial charge in [0, 0.05) is 37.8 Å². The SMILES string of the molecule is CC(C)c1noc(-c2ccc(OCC(=O)NCc3ccc(N(C)C)cc3)cc2)n1. The summed E-state index contributed by atoms with van der Waals surface area (Å²) in [6.07, 6.45) is 0. The van der Waals surface area contributed by atoms with Crippen LogP contribution in [-0.2, 0) is 11.3 Å². The van der Waals surface area contributed by atoms with E-state index in [-0.39, 0.29) is 18.4 Å². The number of carbonyl (C=O) groups excluding carboxylic acids is 1. The van der Waals surface area contributed by atoms with Gasteiger partial charge >= 0.3 is 0 Å². The van der Waals surface area contributed by atoms with Gasteiger partial charge in [-0.3, -0.25) is 4.79 Å². The monoisotopic (exact) mass is 394 g/mol. The Bertz CT molecular complexity index is 931. The summed E-state index contributed by atoms with van der Waals surface area (Å²) in [7, 11) is 3.98. The highest BCUT2D eigenvalue weighted by molar-refractivity contribution is 5.77. The van der Waals surface area contributed by atoms with Gasteiger partial charge in [0.25, 0.3) is 11.8 Å². The van der Waals surface area contributed by atoms with Crippen molar-refractivity contribution in [2.24, 2.45) is 0 Å². The fourth-order valence-electron chi connectivity index (χ4n) is 2.59. The topological polar surface area (TPSA) is 80.5 Å². The number of hydrogen-bond donors (Lipinski definition) is 1. The number of carbonyl (C=O) groups is 1. The molecular formula is C22H26N4O3. The molecular weight excluding hydrogens is 368 g/mol. The molecule has 0 atom stereocenters. The van der Waals surface area contributed by atoms with E-state index in [0.29, 0.717) is 24.0 Å². The molecule has 3 rings (SSSR count). The van der Waals surface area contributed by atoms with E-state index in [2.05, 4.69) is 15.5 Å². The molecule has 29 heavy (non-hydrogen) atoms. The molecule has 0 unspecified atom stereocenters. The standard InChI is InChI=1S/C22H26N4O3/c1-15(2)21-24-22(29-25-21)17-7-11-19(12-8-17)28-14-20(27)23-13-16-5-9-18(10-6-16)26(3)4/h5-12,15H,13-14H2,1-4H3,(H,23,27). The molecule has 0 radical (unpaired) electrons. The molecule has 0 fully saturated rings. The van der Waals surface area contributed by atoms with Crippen LogP contribution in [-0.4, -0.2) is 36.8 Å². The minimum Gasteiger partial charge on any atom is -0.484 e. The molecule has 7 nitrogen and oxygen atoms in total. The molecule has 1 aromatic heterocycles. The molecule has 0 aliphatic carbocycles. The van der Waals surface area contributed by atoms with Crippen molar-refractivity contribution < 1.29 is 14.1 Å². The smallest absolute Gasteiger partial charge is 0.258 e. The van der Waals surface area contributed by atoms with Crippen LogP contribution in [0.3, 0.4) is 0 Å². The second kappa shape index (κ2) is 9.23. The minimum absolute atomic E-state index is 0.0484. The van der Waals surface area contributed by atoms with Gasteiger partial charge in [-0.2, -0.15) is 4.98 Å². The number of aromatic nitrogens is 2. The third-order valence-electron chi connectivity index (χ3n) is 4.37. The lowest BCUT2D eigenvalue weighted by atomic mass is 10.2. The predicted octanol–water partition coefficient (Wildman–Crippen LogP) is 3.62. The summed E-state index contributed by atoms with van der Waals surface area (Å²) in [6, 6.07) is 15.3. The van der Waals surface area contributed by atoms with Gasteiger partial charge in [-0.25, -0.2) is 0 Å². The van der Waals surface area contributed by atoms with Crippen molar-refractivity contribution in [2.45, 2.75) is 26.3 Å². The zero-order valence-electron chi connectivity index (χ0n) is 17.2. The second-order valence-electron chi connectivity index (χ2n) is 7.26. The summed E-state index contributed by atoms with van der Waals surface area (Å²) in [4.78, 5) is 18.4. The molecule has 3 aromatic rings. The summed E-state index contributed by atoms with van der Waals surface area (Å²) >= 11 is 0. The lowest BCUT2D eigenvalue weighted by Crippen LogP contribution is -2.28. The van der Waals surface area contributed by atoms with Gasteiger partial charge in [-0.05, 0) is 42.0 Å². The highest BCUT2D eigenvalue weighted by atomic mass is 16.5. The number of benzene rings is 2. The first-order chi connectivity index (χ1) is 13.9. The van der Waals surface area contributed by atoms with E-state index in [1.807, 2.05) is 69.2 Å². The van der Waals surface area contributed by atoms with E-state index in [0.717, 1.165) is 16.8 Å². The van der Waals surface area contributed by atoms with E-state index < -0.39 is 0 Å². The van der Waals surface area contributed by atoms with E-state index >= 15 is 0 Å². The maximum Gasteiger partial charge on any atom is 0.258 e. The first kappa shape index (κ1) is 20.4. The fraction of sp³-hybridized carbons (Fsp3) is 0.318. The van der Waals surface area contributed by atoms with Crippen molar-refractivity contribution in [3.63, 3.8) is 0 Å². The molecule has 2 aromatic carbocycles. The number of amides is 1. The average Bonchev–Trinajstić information content (AvgIpc) is 3.22. The summed E-state index contributed by atoms with van der Waals surface area (Å²) < 4.78 is 10.8. The Kier molecular flexibility index (Phi) is 6.49. The van der Waals surface area contributed by atoms with Gasteiger partial charge in [0.2, 0.25) is 0 Å². The lowest BCUT2D eigenvalue weighted by Gasteiger charge is -2.13. The molecule has 1 amide bonds. The largest absolute Gasteiger partial charge is 0.484 e. The van der Waals surface area contributed by atoms with E-state index in [1.165, 1.54) is 0 Å². The summed E-state index contributed by atoms with van der Waals surface area (Å²) in [5, 5.41) is 6.82. The van der Waals surface area contributed by atoms with Crippen molar-refractivity contribution in [1.29, 1.82) is 0 Å². The van der Waals surface area contributed by atoms with Crippen LogP contribution in [0.5, 0.6) is 5.75 Å². The maximum atomic E-state index is 12.0. The molecule has 7 heteroatoms. The second-order valence-corrected chi connectivity index (χ2v) is 7.26. The zero-order chi connectivity index (χ0) is 20.8. The number of hydrogen-bond acceptors (Lipinski definition) is 6. The highest BCUT2D eigenvalue weighted by Gasteiger charge is 2.11. The van der Waals surface area contributed by atoms with Crippen LogP contribution in [0.1, 0.15) is 31.2 Å². The molecule has 0 saturated carbocycles. The Morgan fingerprint density at radius 1 is 1.10 bits per heavy atom. The van der Waals surface area contributed by atoms with Gasteiger partial charge < -0.3 is 19.5 Å². The Balaban J connectivity index is 1.47. The van der Waals surface area contributed by atoms with Crippen LogP contribution in [0.15, 0.2) is 53.1 Å². The van der Waals surface area contributed by atoms with Crippen molar-refractivity contribution >= 4 is 11.6 Å². The van der Waals surface area contributed by atoms with Crippen molar-refractivity contribution in [3.05, 3.63) is 59.9 Å². The Hall–Kier alpha value is -3.35. The first-order valence-corrected chi connectivity index (χ1v) is 9.52. The van der Waals surface area contributed by atoms with Gasteiger partial charge in [-0.15, -0.1) is 0 Å². The quantitative estimate of drug-likeness (QED) is 0.629. The molecule has 1 N–H and O–H groups in total. The van der Waals surface area contributed by atoms with Crippen molar-refractivity contribution in [1.82, 2.24) is 15.5 Å². The third kappa shape index (κ3) is 5.57. The summed E-state index contributed by atoms with van der Waals surface area (Å²) in [6.45, 7) is 4.43. The van der Waals surface area contributed by atoms with Gasteiger partial charge in [0.1, 0.15) is 5.75 Å². The number of ether oxygens (including phenoxy) is 1. The van der Waals surface area contributed by atoms with Crippen molar-refractivity contribution in [2.75, 3.05) is 25.6 Å². The molecule has 152 valence electrons. The Morgan fingerprint density at radius 3 is 2.38 bits per heavy atom. The van der Waals surface area contributed by atoms with Gasteiger partial charge in [0.05, 0.1) is 0 Å². The van der Waals surface area contributed by atoms with Crippen LogP contribution in [0.25, 0.3) is 11.5 Å². The Morgan fingerprint density at radius 2 is 1.79 bits per heavy atom. The van der Waals surface area contributed by atoms with E-state index in [4.69, 9.17) is 9.26 Å². The number of nitrogens with one attached hydrogen (secondary N) is 1. The zero-order valence-corrected chi connectivity index (χ0v) is 17.2. The molecule has 0 spiro atoms. The highest BCUT2D eigenvalue weighted by Crippen LogP contribution is 2.22. The summed E-state index contributed by atoms with van der Waals surface area (Å²) in [5.41, 5.74) is 2.96. The lowest BCUT2D eigenvalue weighted by molar-refractivity contribution is -0.123. The number of nitrogens with zero attached hydrogens (tertiary/aromatic N) is 3. The molecule has 0 saturated heterocycles. The first-order valence-electron chi connectivity index (χ1n) is 9.52. The van der Waals surface area contributed by atoms with Crippen molar-refractivity contribution in [3.8, 4) is 17.2 Å². The van der Waals surface area contributed by atoms with Gasteiger partial charge in [-0.1, -0.05) is 31.1 Å². The fourth-order valence-corrected chi connectivity index (χ4v) is 2.59. The number of rotatable bonds is 8. The van der Waals surface area contributed by atoms with Crippen LogP contribution in [0.2, 0.25) is 0 Å².